The number of aromatic nitrogens is 2. The van der Waals surface area contributed by atoms with Gasteiger partial charge in [-0.3, -0.25) is 0 Å². The number of rotatable bonds is 1. The van der Waals surface area contributed by atoms with E-state index in [9.17, 15) is 0 Å². The van der Waals surface area contributed by atoms with Crippen LogP contribution in [0.5, 0.6) is 0 Å². The molecule has 3 nitrogen and oxygen atoms in total. The third kappa shape index (κ3) is 1.01. The van der Waals surface area contributed by atoms with Crippen molar-refractivity contribution in [3.05, 3.63) is 30.7 Å². The van der Waals surface area contributed by atoms with Gasteiger partial charge in [-0.15, -0.1) is 0 Å². The quantitative estimate of drug-likeness (QED) is 0.540. The highest BCUT2D eigenvalue weighted by Gasteiger charge is 1.95. The largest absolute Gasteiger partial charge is 0.449 e. The molecule has 11 heavy (non-hydrogen) atoms. The van der Waals surface area contributed by atoms with E-state index in [2.05, 4.69) is 4.98 Å². The van der Waals surface area contributed by atoms with E-state index in [4.69, 9.17) is 5.02 Å². The second-order valence-electron chi connectivity index (χ2n) is 2.39. The average molecular weight is 146 g/mol. The van der Waals surface area contributed by atoms with E-state index >= 15 is 0 Å². The first kappa shape index (κ1) is 6.43. The molecular weight excluding hydrogens is 139 g/mol. The molecule has 0 aliphatic rings. The summed E-state index contributed by atoms with van der Waals surface area (Å²) in [7, 11) is 0.0775. The fourth-order valence-corrected chi connectivity index (χ4v) is 1.06. The van der Waals surface area contributed by atoms with E-state index in [1.54, 1.807) is 6.20 Å². The number of fused-ring (bicyclic) bond motifs is 1. The van der Waals surface area contributed by atoms with Crippen molar-refractivity contribution in [2.75, 3.05) is 0 Å². The first-order valence-electron chi connectivity index (χ1n) is 3.42. The molecule has 0 spiro atoms. The minimum absolute atomic E-state index is 0.0775. The van der Waals surface area contributed by atoms with Crippen LogP contribution in [0.2, 0.25) is 0 Å². The van der Waals surface area contributed by atoms with Gasteiger partial charge in [-0.1, -0.05) is 6.07 Å². The first-order chi connectivity index (χ1) is 5.40. The number of hydrogen-bond donors (Lipinski definition) is 1. The van der Waals surface area contributed by atoms with Gasteiger partial charge < -0.3 is 9.42 Å². The summed E-state index contributed by atoms with van der Waals surface area (Å²) in [6.07, 6.45) is 5.45. The second-order valence-corrected chi connectivity index (χ2v) is 2.39. The van der Waals surface area contributed by atoms with Crippen LogP contribution in [-0.2, 0) is 0 Å². The summed E-state index contributed by atoms with van der Waals surface area (Å²) in [6.45, 7) is 0. The molecule has 0 atom stereocenters. The van der Waals surface area contributed by atoms with Crippen molar-refractivity contribution < 1.29 is 5.02 Å². The average Bonchev–Trinajstić information content (AvgIpc) is 2.50. The Kier molecular flexibility index (Phi) is 1.40. The van der Waals surface area contributed by atoms with Gasteiger partial charge in [0.25, 0.3) is 0 Å². The molecule has 0 saturated carbocycles. The summed E-state index contributed by atoms with van der Waals surface area (Å²) in [5, 5.41) is 8.80. The number of hydrogen-bond acceptors (Lipinski definition) is 2. The van der Waals surface area contributed by atoms with E-state index < -0.39 is 0 Å². The maximum absolute atomic E-state index is 8.80. The van der Waals surface area contributed by atoms with Gasteiger partial charge in [0.15, 0.2) is 0 Å². The zero-order valence-corrected chi connectivity index (χ0v) is 5.94. The molecule has 0 aliphatic carbocycles. The van der Waals surface area contributed by atoms with Crippen molar-refractivity contribution in [1.82, 2.24) is 9.38 Å². The third-order valence-corrected chi connectivity index (χ3v) is 1.63. The van der Waals surface area contributed by atoms with Gasteiger partial charge in [0.1, 0.15) is 5.65 Å². The van der Waals surface area contributed by atoms with Crippen molar-refractivity contribution in [3.63, 3.8) is 0 Å². The van der Waals surface area contributed by atoms with Gasteiger partial charge in [-0.25, -0.2) is 4.98 Å². The summed E-state index contributed by atoms with van der Waals surface area (Å²) in [5.74, 6) is 0. The number of pyridine rings is 1. The standard InChI is InChI=1S/C7H7BN2O/c11-8-6-1-2-7-9-3-4-10(7)5-6/h1-5,8,11H. The molecule has 0 unspecified atom stereocenters. The predicted octanol–water partition coefficient (Wildman–Crippen LogP) is -0.697. The van der Waals surface area contributed by atoms with Crippen LogP contribution in [0.3, 0.4) is 0 Å². The normalized spacial score (nSPS) is 10.3. The Morgan fingerprint density at radius 1 is 1.45 bits per heavy atom. The Morgan fingerprint density at radius 3 is 3.18 bits per heavy atom. The maximum Gasteiger partial charge on any atom is 0.306 e. The molecule has 54 valence electrons. The fourth-order valence-electron chi connectivity index (χ4n) is 1.06. The lowest BCUT2D eigenvalue weighted by Gasteiger charge is -1.95. The van der Waals surface area contributed by atoms with Crippen LogP contribution in [0, 0.1) is 0 Å². The summed E-state index contributed by atoms with van der Waals surface area (Å²) in [4.78, 5) is 4.08. The summed E-state index contributed by atoms with van der Waals surface area (Å²) >= 11 is 0. The minimum Gasteiger partial charge on any atom is -0.449 e. The van der Waals surface area contributed by atoms with Gasteiger partial charge in [-0.2, -0.15) is 0 Å². The fraction of sp³-hybridized carbons (Fsp3) is 0. The zero-order valence-electron chi connectivity index (χ0n) is 5.94. The van der Waals surface area contributed by atoms with Crippen LogP contribution in [0.4, 0.5) is 0 Å². The topological polar surface area (TPSA) is 37.5 Å². The molecule has 1 N–H and O–H groups in total. The Balaban J connectivity index is 2.67. The SMILES string of the molecule is OBc1ccc2nccn2c1. The lowest BCUT2D eigenvalue weighted by molar-refractivity contribution is 0.615. The zero-order chi connectivity index (χ0) is 7.68. The highest BCUT2D eigenvalue weighted by molar-refractivity contribution is 6.45. The monoisotopic (exact) mass is 146 g/mol. The molecule has 2 rings (SSSR count). The number of nitrogens with zero attached hydrogens (tertiary/aromatic N) is 2. The predicted molar refractivity (Wildman–Crippen MR) is 44.2 cm³/mol. The molecule has 0 fully saturated rings. The Hall–Kier alpha value is -1.29. The molecule has 2 aromatic rings. The van der Waals surface area contributed by atoms with Crippen molar-refractivity contribution >= 4 is 18.6 Å². The van der Waals surface area contributed by atoms with Crippen molar-refractivity contribution in [2.45, 2.75) is 0 Å². The highest BCUT2D eigenvalue weighted by atomic mass is 16.2. The van der Waals surface area contributed by atoms with Crippen LogP contribution in [-0.4, -0.2) is 21.9 Å². The van der Waals surface area contributed by atoms with Crippen molar-refractivity contribution in [1.29, 1.82) is 0 Å². The van der Waals surface area contributed by atoms with Gasteiger partial charge in [0, 0.05) is 18.6 Å². The molecule has 0 amide bonds. The maximum atomic E-state index is 8.80. The molecule has 0 saturated heterocycles. The van der Waals surface area contributed by atoms with Crippen LogP contribution in [0.15, 0.2) is 30.7 Å². The lowest BCUT2D eigenvalue weighted by Crippen LogP contribution is -2.14. The smallest absolute Gasteiger partial charge is 0.306 e. The van der Waals surface area contributed by atoms with E-state index in [1.807, 2.05) is 28.9 Å². The van der Waals surface area contributed by atoms with E-state index in [1.165, 1.54) is 0 Å². The first-order valence-corrected chi connectivity index (χ1v) is 3.42. The van der Waals surface area contributed by atoms with Gasteiger partial charge in [-0.05, 0) is 11.5 Å². The van der Waals surface area contributed by atoms with Gasteiger partial charge in [0.05, 0.1) is 0 Å². The molecule has 0 radical (unpaired) electrons. The van der Waals surface area contributed by atoms with E-state index in [0.29, 0.717) is 0 Å². The second kappa shape index (κ2) is 2.40. The highest BCUT2D eigenvalue weighted by Crippen LogP contribution is 1.95. The molecule has 4 heteroatoms. The van der Waals surface area contributed by atoms with E-state index in [0.717, 1.165) is 11.1 Å². The van der Waals surface area contributed by atoms with Crippen molar-refractivity contribution in [2.24, 2.45) is 0 Å². The van der Waals surface area contributed by atoms with E-state index in [-0.39, 0.29) is 7.48 Å². The molecule has 0 aliphatic heterocycles. The molecular formula is C7H7BN2O. The van der Waals surface area contributed by atoms with Crippen LogP contribution in [0.25, 0.3) is 5.65 Å². The summed E-state index contributed by atoms with van der Waals surface area (Å²) in [6, 6.07) is 3.74. The lowest BCUT2D eigenvalue weighted by atomic mass is 9.91. The molecule has 0 bridgehead atoms. The molecule has 0 aromatic carbocycles. The van der Waals surface area contributed by atoms with Crippen LogP contribution < -0.4 is 5.46 Å². The summed E-state index contributed by atoms with van der Waals surface area (Å²) < 4.78 is 1.88. The van der Waals surface area contributed by atoms with Gasteiger partial charge in [0.2, 0.25) is 0 Å². The Morgan fingerprint density at radius 2 is 2.36 bits per heavy atom. The number of imidazole rings is 1. The third-order valence-electron chi connectivity index (χ3n) is 1.63. The van der Waals surface area contributed by atoms with Crippen LogP contribution in [0.1, 0.15) is 0 Å². The molecule has 2 aromatic heterocycles. The Bertz CT molecular complexity index is 371. The van der Waals surface area contributed by atoms with Crippen molar-refractivity contribution in [3.8, 4) is 0 Å². The molecule has 2 heterocycles. The van der Waals surface area contributed by atoms with Gasteiger partial charge >= 0.3 is 7.48 Å². The van der Waals surface area contributed by atoms with Crippen LogP contribution >= 0.6 is 0 Å². The minimum atomic E-state index is 0.0775. The summed E-state index contributed by atoms with van der Waals surface area (Å²) in [5.41, 5.74) is 1.80. The Labute approximate surface area is 64.6 Å².